The summed E-state index contributed by atoms with van der Waals surface area (Å²) in [6.45, 7) is 0. The smallest absolute Gasteiger partial charge is 0.0935 e. The first-order valence-electron chi connectivity index (χ1n) is 5.84. The summed E-state index contributed by atoms with van der Waals surface area (Å²) in [4.78, 5) is 1.39. The number of benzene rings is 1. The van der Waals surface area contributed by atoms with E-state index in [1.807, 2.05) is 17.8 Å². The zero-order valence-corrected chi connectivity index (χ0v) is 10.3. The van der Waals surface area contributed by atoms with Crippen molar-refractivity contribution in [3.05, 3.63) is 54.0 Å². The van der Waals surface area contributed by atoms with E-state index in [4.69, 9.17) is 10.2 Å². The number of thioether (sulfide) groups is 1. The highest BCUT2D eigenvalue weighted by Gasteiger charge is 2.27. The van der Waals surface area contributed by atoms with E-state index in [0.717, 1.165) is 12.8 Å². The van der Waals surface area contributed by atoms with Gasteiger partial charge in [-0.2, -0.15) is 0 Å². The minimum absolute atomic E-state index is 0.185. The summed E-state index contributed by atoms with van der Waals surface area (Å²) in [6.07, 6.45) is 5.47. The predicted octanol–water partition coefficient (Wildman–Crippen LogP) is 2.87. The Hall–Kier alpha value is -1.19. The maximum Gasteiger partial charge on any atom is 0.0935 e. The Labute approximate surface area is 105 Å². The fourth-order valence-corrected chi connectivity index (χ4v) is 3.58. The van der Waals surface area contributed by atoms with Crippen molar-refractivity contribution in [1.82, 2.24) is 0 Å². The fourth-order valence-electron chi connectivity index (χ4n) is 2.26. The molecular formula is C14H15NOS. The van der Waals surface area contributed by atoms with E-state index in [2.05, 4.69) is 24.3 Å². The van der Waals surface area contributed by atoms with Gasteiger partial charge in [-0.3, -0.25) is 0 Å². The lowest BCUT2D eigenvalue weighted by Gasteiger charge is -2.17. The summed E-state index contributed by atoms with van der Waals surface area (Å²) >= 11 is 1.91. The van der Waals surface area contributed by atoms with Crippen molar-refractivity contribution in [1.29, 1.82) is 0 Å². The van der Waals surface area contributed by atoms with Crippen LogP contribution < -0.4 is 5.73 Å². The molecule has 2 nitrogen and oxygen atoms in total. The fraction of sp³-hybridized carbons (Fsp3) is 0.286. The quantitative estimate of drug-likeness (QED) is 0.903. The van der Waals surface area contributed by atoms with E-state index in [-0.39, 0.29) is 6.04 Å². The molecule has 3 rings (SSSR count). The van der Waals surface area contributed by atoms with Crippen LogP contribution >= 0.6 is 11.8 Å². The van der Waals surface area contributed by atoms with E-state index < -0.39 is 0 Å². The molecule has 0 saturated carbocycles. The second-order valence-corrected chi connectivity index (χ2v) is 5.75. The van der Waals surface area contributed by atoms with Gasteiger partial charge in [-0.25, -0.2) is 0 Å². The van der Waals surface area contributed by atoms with E-state index in [1.54, 1.807) is 12.5 Å². The molecule has 2 aromatic rings. The van der Waals surface area contributed by atoms with Gasteiger partial charge in [-0.1, -0.05) is 18.2 Å². The normalized spacial score (nSPS) is 20.2. The predicted molar refractivity (Wildman–Crippen MR) is 70.2 cm³/mol. The molecule has 0 amide bonds. The van der Waals surface area contributed by atoms with Crippen LogP contribution in [0.1, 0.15) is 11.1 Å². The lowest BCUT2D eigenvalue weighted by Crippen LogP contribution is -2.34. The van der Waals surface area contributed by atoms with Crippen molar-refractivity contribution in [2.24, 2.45) is 5.73 Å². The molecule has 1 aromatic heterocycles. The molecule has 0 spiro atoms. The average molecular weight is 245 g/mol. The van der Waals surface area contributed by atoms with E-state index in [1.165, 1.54) is 16.0 Å². The monoisotopic (exact) mass is 245 g/mol. The van der Waals surface area contributed by atoms with Gasteiger partial charge in [-0.15, -0.1) is 11.8 Å². The largest absolute Gasteiger partial charge is 0.472 e. The first-order chi connectivity index (χ1) is 8.33. The zero-order chi connectivity index (χ0) is 11.7. The maximum absolute atomic E-state index is 6.29. The Morgan fingerprint density at radius 1 is 1.35 bits per heavy atom. The lowest BCUT2D eigenvalue weighted by molar-refractivity contribution is 0.558. The van der Waals surface area contributed by atoms with E-state index in [9.17, 15) is 0 Å². The molecule has 0 fully saturated rings. The molecule has 1 aliphatic heterocycles. The molecule has 0 saturated heterocycles. The molecule has 2 heterocycles. The Kier molecular flexibility index (Phi) is 2.95. The van der Waals surface area contributed by atoms with Gasteiger partial charge >= 0.3 is 0 Å². The minimum atomic E-state index is 0.185. The second kappa shape index (κ2) is 4.59. The van der Waals surface area contributed by atoms with Crippen molar-refractivity contribution >= 4 is 11.8 Å². The standard InChI is InChI=1S/C14H15NOS/c15-12(7-10-5-6-16-9-10)14-8-11-3-1-2-4-13(11)17-14/h1-6,9,12,14H,7-8,15H2. The van der Waals surface area contributed by atoms with Crippen LogP contribution in [0.2, 0.25) is 0 Å². The van der Waals surface area contributed by atoms with Gasteiger partial charge in [0.05, 0.1) is 12.5 Å². The highest BCUT2D eigenvalue weighted by atomic mass is 32.2. The van der Waals surface area contributed by atoms with Crippen molar-refractivity contribution in [2.45, 2.75) is 29.0 Å². The molecule has 88 valence electrons. The van der Waals surface area contributed by atoms with E-state index >= 15 is 0 Å². The maximum atomic E-state index is 6.29. The number of hydrogen-bond donors (Lipinski definition) is 1. The third-order valence-corrected chi connectivity index (χ3v) is 4.67. The van der Waals surface area contributed by atoms with Crippen molar-refractivity contribution in [3.63, 3.8) is 0 Å². The van der Waals surface area contributed by atoms with Crippen molar-refractivity contribution in [2.75, 3.05) is 0 Å². The van der Waals surface area contributed by atoms with Crippen molar-refractivity contribution < 1.29 is 4.42 Å². The molecule has 1 aliphatic rings. The van der Waals surface area contributed by atoms with Crippen LogP contribution in [0.15, 0.2) is 52.2 Å². The first kappa shape index (κ1) is 10.9. The molecule has 0 bridgehead atoms. The highest BCUT2D eigenvalue weighted by molar-refractivity contribution is 8.00. The summed E-state index contributed by atoms with van der Waals surface area (Å²) in [5.74, 6) is 0. The van der Waals surface area contributed by atoms with Crippen LogP contribution in [0, 0.1) is 0 Å². The SMILES string of the molecule is NC(Cc1ccoc1)C1Cc2ccccc2S1. The van der Waals surface area contributed by atoms with Crippen LogP contribution in [0.3, 0.4) is 0 Å². The van der Waals surface area contributed by atoms with Gasteiger partial charge in [0.15, 0.2) is 0 Å². The summed E-state index contributed by atoms with van der Waals surface area (Å²) < 4.78 is 5.08. The van der Waals surface area contributed by atoms with Gasteiger partial charge in [-0.05, 0) is 36.1 Å². The number of nitrogens with two attached hydrogens (primary N) is 1. The van der Waals surface area contributed by atoms with Crippen LogP contribution in [0.25, 0.3) is 0 Å². The molecule has 2 unspecified atom stereocenters. The Bertz CT molecular complexity index is 470. The third kappa shape index (κ3) is 2.26. The summed E-state index contributed by atoms with van der Waals surface area (Å²) in [6, 6.07) is 10.8. The Morgan fingerprint density at radius 3 is 3.00 bits per heavy atom. The van der Waals surface area contributed by atoms with Gasteiger partial charge in [0.1, 0.15) is 0 Å². The lowest BCUT2D eigenvalue weighted by atomic mass is 10.0. The molecule has 17 heavy (non-hydrogen) atoms. The minimum Gasteiger partial charge on any atom is -0.472 e. The second-order valence-electron chi connectivity index (χ2n) is 4.47. The zero-order valence-electron chi connectivity index (χ0n) is 9.50. The highest BCUT2D eigenvalue weighted by Crippen LogP contribution is 2.38. The number of furan rings is 1. The number of rotatable bonds is 3. The molecule has 3 heteroatoms. The molecule has 2 N–H and O–H groups in total. The number of hydrogen-bond acceptors (Lipinski definition) is 3. The Morgan fingerprint density at radius 2 is 2.24 bits per heavy atom. The molecule has 2 atom stereocenters. The topological polar surface area (TPSA) is 39.2 Å². The molecule has 1 aromatic carbocycles. The third-order valence-electron chi connectivity index (χ3n) is 3.20. The van der Waals surface area contributed by atoms with Crippen LogP contribution in [0.4, 0.5) is 0 Å². The molecule has 0 aliphatic carbocycles. The van der Waals surface area contributed by atoms with Gasteiger partial charge in [0.25, 0.3) is 0 Å². The van der Waals surface area contributed by atoms with Gasteiger partial charge in [0, 0.05) is 16.2 Å². The average Bonchev–Trinajstić information content (AvgIpc) is 2.96. The van der Waals surface area contributed by atoms with Gasteiger partial charge in [0.2, 0.25) is 0 Å². The van der Waals surface area contributed by atoms with Crippen LogP contribution in [-0.4, -0.2) is 11.3 Å². The van der Waals surface area contributed by atoms with Crippen molar-refractivity contribution in [3.8, 4) is 0 Å². The summed E-state index contributed by atoms with van der Waals surface area (Å²) in [7, 11) is 0. The molecule has 0 radical (unpaired) electrons. The van der Waals surface area contributed by atoms with Crippen LogP contribution in [0.5, 0.6) is 0 Å². The first-order valence-corrected chi connectivity index (χ1v) is 6.72. The van der Waals surface area contributed by atoms with E-state index in [0.29, 0.717) is 5.25 Å². The number of fused-ring (bicyclic) bond motifs is 1. The van der Waals surface area contributed by atoms with Gasteiger partial charge < -0.3 is 10.2 Å². The Balaban J connectivity index is 1.68. The van der Waals surface area contributed by atoms with Crippen LogP contribution in [-0.2, 0) is 12.8 Å². The summed E-state index contributed by atoms with van der Waals surface area (Å²) in [5.41, 5.74) is 8.91. The molecular weight excluding hydrogens is 230 g/mol. The summed E-state index contributed by atoms with van der Waals surface area (Å²) in [5, 5.41) is 0.488.